The summed E-state index contributed by atoms with van der Waals surface area (Å²) in [6.07, 6.45) is 3.94. The molecule has 2 aromatic rings. The minimum atomic E-state index is -0.262. The van der Waals surface area contributed by atoms with Crippen LogP contribution in [-0.2, 0) is 11.2 Å². The van der Waals surface area contributed by atoms with Crippen LogP contribution in [0.4, 0.5) is 0 Å². The number of aromatic amines is 1. The lowest BCUT2D eigenvalue weighted by Gasteiger charge is -2.31. The number of rotatable bonds is 3. The second-order valence-corrected chi connectivity index (χ2v) is 6.46. The van der Waals surface area contributed by atoms with Gasteiger partial charge in [-0.1, -0.05) is 13.0 Å². The number of aromatic nitrogens is 3. The second-order valence-electron chi connectivity index (χ2n) is 6.46. The molecule has 0 aromatic carbocycles. The van der Waals surface area contributed by atoms with Gasteiger partial charge in [0.05, 0.1) is 6.42 Å². The van der Waals surface area contributed by atoms with Gasteiger partial charge in [-0.15, -0.1) is 0 Å². The number of amides is 1. The van der Waals surface area contributed by atoms with E-state index in [2.05, 4.69) is 21.9 Å². The molecular formula is C18H22N4O2. The predicted molar refractivity (Wildman–Crippen MR) is 91.5 cm³/mol. The Morgan fingerprint density at radius 1 is 1.42 bits per heavy atom. The molecule has 1 atom stereocenters. The third-order valence-corrected chi connectivity index (χ3v) is 4.47. The lowest BCUT2D eigenvalue weighted by Crippen LogP contribution is -2.40. The SMILES string of the molecule is Cc1nc(-c2ccccn2)[nH]c(=O)c1CC(=O)N1CCC[C@@H](C)C1. The third-order valence-electron chi connectivity index (χ3n) is 4.47. The highest BCUT2D eigenvalue weighted by Gasteiger charge is 2.23. The summed E-state index contributed by atoms with van der Waals surface area (Å²) >= 11 is 0. The van der Waals surface area contributed by atoms with Crippen LogP contribution in [0.3, 0.4) is 0 Å². The van der Waals surface area contributed by atoms with Crippen LogP contribution < -0.4 is 5.56 Å². The minimum absolute atomic E-state index is 0.00235. The van der Waals surface area contributed by atoms with Crippen molar-refractivity contribution in [3.63, 3.8) is 0 Å². The third kappa shape index (κ3) is 3.53. The van der Waals surface area contributed by atoms with Crippen LogP contribution in [0.5, 0.6) is 0 Å². The van der Waals surface area contributed by atoms with Gasteiger partial charge in [0.25, 0.3) is 5.56 Å². The number of hydrogen-bond acceptors (Lipinski definition) is 4. The normalized spacial score (nSPS) is 17.8. The number of pyridine rings is 1. The highest BCUT2D eigenvalue weighted by atomic mass is 16.2. The number of nitrogens with one attached hydrogen (secondary N) is 1. The van der Waals surface area contributed by atoms with Crippen LogP contribution in [0.2, 0.25) is 0 Å². The topological polar surface area (TPSA) is 79.0 Å². The van der Waals surface area contributed by atoms with Gasteiger partial charge < -0.3 is 9.88 Å². The molecule has 0 radical (unpaired) electrons. The summed E-state index contributed by atoms with van der Waals surface area (Å²) in [5.74, 6) is 0.954. The van der Waals surface area contributed by atoms with Crippen molar-refractivity contribution >= 4 is 5.91 Å². The molecule has 1 amide bonds. The fourth-order valence-electron chi connectivity index (χ4n) is 3.12. The Morgan fingerprint density at radius 2 is 2.25 bits per heavy atom. The largest absolute Gasteiger partial charge is 0.342 e. The van der Waals surface area contributed by atoms with Crippen LogP contribution in [0.25, 0.3) is 11.5 Å². The van der Waals surface area contributed by atoms with Gasteiger partial charge in [-0.25, -0.2) is 4.98 Å². The summed E-state index contributed by atoms with van der Waals surface area (Å²) < 4.78 is 0. The van der Waals surface area contributed by atoms with Crippen LogP contribution >= 0.6 is 0 Å². The van der Waals surface area contributed by atoms with Gasteiger partial charge in [0.1, 0.15) is 5.69 Å². The first-order valence-electron chi connectivity index (χ1n) is 8.33. The smallest absolute Gasteiger partial charge is 0.255 e. The van der Waals surface area contributed by atoms with Crippen molar-refractivity contribution < 1.29 is 4.79 Å². The van der Waals surface area contributed by atoms with E-state index in [1.165, 1.54) is 0 Å². The molecule has 0 bridgehead atoms. The fraction of sp³-hybridized carbons (Fsp3) is 0.444. The van der Waals surface area contributed by atoms with E-state index in [1.54, 1.807) is 25.3 Å². The molecule has 0 aliphatic carbocycles. The summed E-state index contributed by atoms with van der Waals surface area (Å²) in [5.41, 5.74) is 1.37. The molecule has 6 nitrogen and oxygen atoms in total. The lowest BCUT2D eigenvalue weighted by molar-refractivity contribution is -0.132. The number of nitrogens with zero attached hydrogens (tertiary/aromatic N) is 3. The highest BCUT2D eigenvalue weighted by molar-refractivity contribution is 5.79. The number of H-pyrrole nitrogens is 1. The molecule has 0 spiro atoms. The molecule has 3 rings (SSSR count). The molecule has 6 heteroatoms. The summed E-state index contributed by atoms with van der Waals surface area (Å²) in [6, 6.07) is 5.44. The van der Waals surface area contributed by atoms with Gasteiger partial charge in [-0.05, 0) is 37.8 Å². The quantitative estimate of drug-likeness (QED) is 0.935. The number of piperidine rings is 1. The average molecular weight is 326 g/mol. The molecular weight excluding hydrogens is 304 g/mol. The van der Waals surface area contributed by atoms with Crippen molar-refractivity contribution in [3.8, 4) is 11.5 Å². The maximum Gasteiger partial charge on any atom is 0.255 e. The van der Waals surface area contributed by atoms with E-state index >= 15 is 0 Å². The van der Waals surface area contributed by atoms with Crippen LogP contribution in [-0.4, -0.2) is 38.8 Å². The predicted octanol–water partition coefficient (Wildman–Crippen LogP) is 1.94. The second kappa shape index (κ2) is 6.95. The molecule has 1 aliphatic rings. The van der Waals surface area contributed by atoms with Crippen LogP contribution in [0.1, 0.15) is 31.0 Å². The zero-order valence-electron chi connectivity index (χ0n) is 14.1. The Kier molecular flexibility index (Phi) is 4.74. The molecule has 0 unspecified atom stereocenters. The Balaban J connectivity index is 1.82. The zero-order chi connectivity index (χ0) is 17.1. The first kappa shape index (κ1) is 16.4. The number of hydrogen-bond donors (Lipinski definition) is 1. The van der Waals surface area contributed by atoms with Crippen LogP contribution in [0, 0.1) is 12.8 Å². The van der Waals surface area contributed by atoms with E-state index in [1.807, 2.05) is 11.0 Å². The molecule has 1 fully saturated rings. The zero-order valence-corrected chi connectivity index (χ0v) is 14.1. The number of likely N-dealkylation sites (tertiary alicyclic amines) is 1. The van der Waals surface area contributed by atoms with Gasteiger partial charge in [0.2, 0.25) is 5.91 Å². The molecule has 0 saturated carbocycles. The van der Waals surface area contributed by atoms with Gasteiger partial charge in [-0.2, -0.15) is 0 Å². The summed E-state index contributed by atoms with van der Waals surface area (Å²) in [5, 5.41) is 0. The van der Waals surface area contributed by atoms with E-state index in [4.69, 9.17) is 0 Å². The van der Waals surface area contributed by atoms with Crippen LogP contribution in [0.15, 0.2) is 29.2 Å². The molecule has 1 N–H and O–H groups in total. The number of carbonyl (C=O) groups is 1. The van der Waals surface area contributed by atoms with E-state index in [9.17, 15) is 9.59 Å². The van der Waals surface area contributed by atoms with Crippen molar-refractivity contribution in [1.29, 1.82) is 0 Å². The lowest BCUT2D eigenvalue weighted by atomic mass is 9.99. The Hall–Kier alpha value is -2.50. The van der Waals surface area contributed by atoms with Gasteiger partial charge in [-0.3, -0.25) is 14.6 Å². The molecule has 3 heterocycles. The van der Waals surface area contributed by atoms with E-state index in [0.717, 1.165) is 25.9 Å². The summed E-state index contributed by atoms with van der Waals surface area (Å²) in [7, 11) is 0. The maximum atomic E-state index is 12.5. The Labute approximate surface area is 141 Å². The maximum absolute atomic E-state index is 12.5. The monoisotopic (exact) mass is 326 g/mol. The summed E-state index contributed by atoms with van der Waals surface area (Å²) in [4.78, 5) is 38.2. The first-order chi connectivity index (χ1) is 11.5. The Bertz CT molecular complexity index is 785. The molecule has 24 heavy (non-hydrogen) atoms. The van der Waals surface area contributed by atoms with E-state index in [-0.39, 0.29) is 17.9 Å². The average Bonchev–Trinajstić information content (AvgIpc) is 2.58. The van der Waals surface area contributed by atoms with Crippen molar-refractivity contribution in [1.82, 2.24) is 19.9 Å². The number of carbonyl (C=O) groups excluding carboxylic acids is 1. The van der Waals surface area contributed by atoms with Crippen molar-refractivity contribution in [3.05, 3.63) is 46.0 Å². The highest BCUT2D eigenvalue weighted by Crippen LogP contribution is 2.17. The van der Waals surface area contributed by atoms with Gasteiger partial charge in [0, 0.05) is 30.5 Å². The van der Waals surface area contributed by atoms with Crippen molar-refractivity contribution in [2.24, 2.45) is 5.92 Å². The van der Waals surface area contributed by atoms with Crippen molar-refractivity contribution in [2.45, 2.75) is 33.1 Å². The minimum Gasteiger partial charge on any atom is -0.342 e. The van der Waals surface area contributed by atoms with Crippen molar-refractivity contribution in [2.75, 3.05) is 13.1 Å². The number of aryl methyl sites for hydroxylation is 1. The standard InChI is InChI=1S/C18H22N4O2/c1-12-6-5-9-22(11-12)16(23)10-14-13(2)20-17(21-18(14)24)15-7-3-4-8-19-15/h3-4,7-8,12H,5-6,9-11H2,1-2H3,(H,20,21,24)/t12-/m1/s1. The summed E-state index contributed by atoms with van der Waals surface area (Å²) in [6.45, 7) is 5.47. The van der Waals surface area contributed by atoms with Gasteiger partial charge in [0.15, 0.2) is 5.82 Å². The molecule has 126 valence electrons. The molecule has 1 saturated heterocycles. The Morgan fingerprint density at radius 3 is 2.92 bits per heavy atom. The van der Waals surface area contributed by atoms with E-state index in [0.29, 0.717) is 28.7 Å². The van der Waals surface area contributed by atoms with E-state index < -0.39 is 0 Å². The molecule has 1 aliphatic heterocycles. The first-order valence-corrected chi connectivity index (χ1v) is 8.33. The van der Waals surface area contributed by atoms with Gasteiger partial charge >= 0.3 is 0 Å². The fourth-order valence-corrected chi connectivity index (χ4v) is 3.12. The molecule has 2 aromatic heterocycles.